The Bertz CT molecular complexity index is 1860. The molecule has 8 rings (SSSR count). The van der Waals surface area contributed by atoms with Gasteiger partial charge in [0.25, 0.3) is 0 Å². The molecule has 0 radical (unpaired) electrons. The fraction of sp³-hybridized carbons (Fsp3) is 0.333. The van der Waals surface area contributed by atoms with E-state index in [1.54, 1.807) is 5.56 Å². The molecule has 0 N–H and O–H groups in total. The Morgan fingerprint density at radius 3 is 1.65 bits per heavy atom. The van der Waals surface area contributed by atoms with Crippen molar-refractivity contribution in [2.45, 2.75) is 96.3 Å². The van der Waals surface area contributed by atoms with Gasteiger partial charge >= 0.3 is 26.2 Å². The van der Waals surface area contributed by atoms with Crippen molar-refractivity contribution in [2.24, 2.45) is 0 Å². The van der Waals surface area contributed by atoms with Crippen LogP contribution in [0.3, 0.4) is 0 Å². The second-order valence-corrected chi connectivity index (χ2v) is 14.2. The first-order valence-corrected chi connectivity index (χ1v) is 17.6. The average Bonchev–Trinajstić information content (AvgIpc) is 3.85. The molecule has 2 aliphatic carbocycles. The van der Waals surface area contributed by atoms with Crippen LogP contribution < -0.4 is 24.8 Å². The standard InChI is InChI=1S/C23H25.C22H23.2ClH.Zr/c1-16(2)17-10-12-19(13-11-17)22-9-5-8-20-14-21(15-23(20)22)18-6-3-4-7-18;1-16-14-20-8-5-9-21(22(20)15-16)19-12-10-18(11-13-19)17-6-3-2-4-7-17;;;/h5,8-16,18H,3-4,6-7H2,1-2H3;5,8-15,17H,2-4,6-7H2,1H3;2*1H;/q2*-1;;;+4/p-2. The number of hydrogen-bond acceptors (Lipinski definition) is 0. The van der Waals surface area contributed by atoms with Crippen LogP contribution in [0, 0.1) is 6.92 Å². The molecule has 0 unspecified atom stereocenters. The Hall–Kier alpha value is -2.44. The minimum absolute atomic E-state index is 0. The molecule has 0 saturated heterocycles. The van der Waals surface area contributed by atoms with E-state index in [-0.39, 0.29) is 51.0 Å². The van der Waals surface area contributed by atoms with E-state index < -0.39 is 0 Å². The van der Waals surface area contributed by atoms with E-state index in [1.807, 2.05) is 0 Å². The van der Waals surface area contributed by atoms with Crippen molar-refractivity contribution in [3.63, 3.8) is 0 Å². The predicted octanol–water partition coefficient (Wildman–Crippen LogP) is 7.59. The molecular formula is C45H48Cl2Zr. The Labute approximate surface area is 320 Å². The maximum atomic E-state index is 2.46. The van der Waals surface area contributed by atoms with Crippen LogP contribution >= 0.6 is 0 Å². The maximum absolute atomic E-state index is 2.46. The summed E-state index contributed by atoms with van der Waals surface area (Å²) in [6.07, 6.45) is 12.5. The molecule has 6 aromatic carbocycles. The van der Waals surface area contributed by atoms with Crippen LogP contribution in [0.15, 0.2) is 109 Å². The molecule has 0 amide bonds. The molecule has 48 heavy (non-hydrogen) atoms. The molecule has 0 bridgehead atoms. The van der Waals surface area contributed by atoms with Gasteiger partial charge in [0.15, 0.2) is 0 Å². The third kappa shape index (κ3) is 8.46. The third-order valence-electron chi connectivity index (χ3n) is 10.7. The Kier molecular flexibility index (Phi) is 14.0. The zero-order chi connectivity index (χ0) is 30.8. The van der Waals surface area contributed by atoms with Crippen LogP contribution in [-0.2, 0) is 26.2 Å². The number of hydrogen-bond donors (Lipinski definition) is 0. The van der Waals surface area contributed by atoms with Gasteiger partial charge in [-0.15, -0.1) is 69.1 Å². The van der Waals surface area contributed by atoms with Crippen molar-refractivity contribution in [3.8, 4) is 22.3 Å². The molecule has 0 atom stereocenters. The maximum Gasteiger partial charge on any atom is 4.00 e. The minimum atomic E-state index is 0. The number of benzene rings is 4. The SMILES string of the molecule is CC(C)c1ccc(-c2cccc3[cH-]c(C4CCCC4)cc23)cc1.Cc1cc2c(-c3ccc(C4CCCCC4)cc3)cccc2[cH-]1.[Cl-].[Cl-].[Zr+4]. The Morgan fingerprint density at radius 1 is 0.562 bits per heavy atom. The Morgan fingerprint density at radius 2 is 1.06 bits per heavy atom. The van der Waals surface area contributed by atoms with E-state index in [4.69, 9.17) is 0 Å². The number of halogens is 2. The van der Waals surface area contributed by atoms with Crippen molar-refractivity contribution in [3.05, 3.63) is 131 Å². The number of fused-ring (bicyclic) bond motifs is 2. The summed E-state index contributed by atoms with van der Waals surface area (Å²) in [5, 5.41) is 5.56. The summed E-state index contributed by atoms with van der Waals surface area (Å²) in [5.74, 6) is 2.17. The fourth-order valence-electron chi connectivity index (χ4n) is 8.06. The summed E-state index contributed by atoms with van der Waals surface area (Å²) in [7, 11) is 0. The molecule has 2 aliphatic rings. The minimum Gasteiger partial charge on any atom is -1.00 e. The van der Waals surface area contributed by atoms with Gasteiger partial charge in [0.05, 0.1) is 0 Å². The normalized spacial score (nSPS) is 15.0. The summed E-state index contributed by atoms with van der Waals surface area (Å²) in [5.41, 5.74) is 11.3. The van der Waals surface area contributed by atoms with Crippen molar-refractivity contribution in [2.75, 3.05) is 0 Å². The Balaban J connectivity index is 0.000000204. The number of aryl methyl sites for hydroxylation is 1. The second kappa shape index (κ2) is 17.5. The van der Waals surface area contributed by atoms with Gasteiger partial charge < -0.3 is 24.8 Å². The van der Waals surface area contributed by atoms with Crippen molar-refractivity contribution >= 4 is 21.5 Å². The van der Waals surface area contributed by atoms with Crippen molar-refractivity contribution < 1.29 is 51.0 Å². The number of rotatable bonds is 5. The summed E-state index contributed by atoms with van der Waals surface area (Å²) in [6, 6.07) is 41.3. The largest absolute Gasteiger partial charge is 4.00 e. The molecule has 6 aromatic rings. The fourth-order valence-corrected chi connectivity index (χ4v) is 8.06. The molecule has 0 aliphatic heterocycles. The average molecular weight is 751 g/mol. The van der Waals surface area contributed by atoms with Crippen LogP contribution in [-0.4, -0.2) is 0 Å². The molecule has 0 nitrogen and oxygen atoms in total. The van der Waals surface area contributed by atoms with Gasteiger partial charge in [0, 0.05) is 0 Å². The van der Waals surface area contributed by atoms with Gasteiger partial charge in [0.1, 0.15) is 0 Å². The van der Waals surface area contributed by atoms with Crippen molar-refractivity contribution in [1.29, 1.82) is 0 Å². The first-order chi connectivity index (χ1) is 22.0. The van der Waals surface area contributed by atoms with Crippen LogP contribution in [0.4, 0.5) is 0 Å². The van der Waals surface area contributed by atoms with Crippen molar-refractivity contribution in [1.82, 2.24) is 0 Å². The molecule has 2 saturated carbocycles. The molecular weight excluding hydrogens is 703 g/mol. The smallest absolute Gasteiger partial charge is 1.00 e. The van der Waals surface area contributed by atoms with E-state index in [0.29, 0.717) is 5.92 Å². The topological polar surface area (TPSA) is 0 Å². The van der Waals surface area contributed by atoms with E-state index in [2.05, 4.69) is 130 Å². The molecule has 2 fully saturated rings. The predicted molar refractivity (Wildman–Crippen MR) is 196 cm³/mol. The first kappa shape index (κ1) is 38.4. The quantitative estimate of drug-likeness (QED) is 0.160. The summed E-state index contributed by atoms with van der Waals surface area (Å²) in [4.78, 5) is 0. The molecule has 0 spiro atoms. The zero-order valence-electron chi connectivity index (χ0n) is 28.7. The molecule has 246 valence electrons. The summed E-state index contributed by atoms with van der Waals surface area (Å²) in [6.45, 7) is 6.68. The second-order valence-electron chi connectivity index (χ2n) is 14.2. The van der Waals surface area contributed by atoms with Crippen LogP contribution in [0.2, 0.25) is 0 Å². The van der Waals surface area contributed by atoms with Gasteiger partial charge in [-0.2, -0.15) is 12.1 Å². The zero-order valence-corrected chi connectivity index (χ0v) is 32.7. The molecule has 0 aromatic heterocycles. The van der Waals surface area contributed by atoms with Gasteiger partial charge in [-0.1, -0.05) is 125 Å². The van der Waals surface area contributed by atoms with Crippen LogP contribution in [0.1, 0.15) is 112 Å². The van der Waals surface area contributed by atoms with E-state index >= 15 is 0 Å². The van der Waals surface area contributed by atoms with Gasteiger partial charge in [-0.05, 0) is 65.7 Å². The van der Waals surface area contributed by atoms with Crippen LogP contribution in [0.5, 0.6) is 0 Å². The van der Waals surface area contributed by atoms with Crippen LogP contribution in [0.25, 0.3) is 43.8 Å². The van der Waals surface area contributed by atoms with E-state index in [1.165, 1.54) is 118 Å². The third-order valence-corrected chi connectivity index (χ3v) is 10.7. The summed E-state index contributed by atoms with van der Waals surface area (Å²) >= 11 is 0. The van der Waals surface area contributed by atoms with Gasteiger partial charge in [-0.3, -0.25) is 0 Å². The van der Waals surface area contributed by atoms with Gasteiger partial charge in [0.2, 0.25) is 0 Å². The molecule has 0 heterocycles. The monoisotopic (exact) mass is 748 g/mol. The van der Waals surface area contributed by atoms with E-state index in [9.17, 15) is 0 Å². The van der Waals surface area contributed by atoms with Gasteiger partial charge in [-0.25, -0.2) is 0 Å². The first-order valence-electron chi connectivity index (χ1n) is 17.6. The molecule has 3 heteroatoms. The summed E-state index contributed by atoms with van der Waals surface area (Å²) < 4.78 is 0. The van der Waals surface area contributed by atoms with E-state index in [0.717, 1.165) is 11.8 Å².